The molecule has 1 heterocycles. The third-order valence-electron chi connectivity index (χ3n) is 5.02. The van der Waals surface area contributed by atoms with Crippen LogP contribution < -0.4 is 5.32 Å². The average molecular weight is 349 g/mol. The lowest BCUT2D eigenvalue weighted by atomic mass is 9.93. The number of piperidine rings is 1. The second-order valence-corrected chi connectivity index (χ2v) is 6.67. The number of ketones is 1. The lowest BCUT2D eigenvalue weighted by Gasteiger charge is -2.22. The van der Waals surface area contributed by atoms with Gasteiger partial charge >= 0.3 is 0 Å². The van der Waals surface area contributed by atoms with E-state index in [1.807, 2.05) is 24.3 Å². The first-order valence-corrected chi connectivity index (χ1v) is 8.84. The molecule has 1 fully saturated rings. The summed E-state index contributed by atoms with van der Waals surface area (Å²) in [5, 5.41) is 14.3. The zero-order chi connectivity index (χ0) is 18.1. The summed E-state index contributed by atoms with van der Waals surface area (Å²) in [6.07, 6.45) is 3.22. The van der Waals surface area contributed by atoms with Gasteiger partial charge in [0.05, 0.1) is 22.7 Å². The number of carbonyl (C=O) groups is 1. The lowest BCUT2D eigenvalue weighted by Crippen LogP contribution is -2.33. The van der Waals surface area contributed by atoms with Crippen LogP contribution >= 0.6 is 0 Å². The molecule has 2 aliphatic rings. The lowest BCUT2D eigenvalue weighted by molar-refractivity contribution is -0.384. The Labute approximate surface area is 151 Å². The van der Waals surface area contributed by atoms with E-state index >= 15 is 0 Å². The number of hydrogen-bond donors (Lipinski definition) is 1. The minimum Gasteiger partial charge on any atom is -0.296 e. The van der Waals surface area contributed by atoms with E-state index < -0.39 is 10.8 Å². The number of benzene rings is 2. The molecular weight excluding hydrogens is 330 g/mol. The fraction of sp³-hybridized carbons (Fsp3) is 0.300. The maximum Gasteiger partial charge on any atom is 0.269 e. The highest BCUT2D eigenvalue weighted by atomic mass is 16.6. The number of aliphatic imine (C=N–C) groups is 1. The van der Waals surface area contributed by atoms with Crippen LogP contribution in [-0.2, 0) is 0 Å². The molecule has 1 N–H and O–H groups in total. The Morgan fingerprint density at radius 2 is 1.77 bits per heavy atom. The number of hydrogen-bond acceptors (Lipinski definition) is 5. The van der Waals surface area contributed by atoms with E-state index in [1.165, 1.54) is 12.1 Å². The normalized spacial score (nSPS) is 23.8. The van der Waals surface area contributed by atoms with Crippen LogP contribution in [0.15, 0.2) is 53.5 Å². The van der Waals surface area contributed by atoms with Crippen molar-refractivity contribution in [2.24, 2.45) is 4.99 Å². The first-order valence-electron chi connectivity index (χ1n) is 8.84. The van der Waals surface area contributed by atoms with Gasteiger partial charge in [0.15, 0.2) is 5.78 Å². The van der Waals surface area contributed by atoms with E-state index in [9.17, 15) is 14.9 Å². The third kappa shape index (κ3) is 2.93. The first kappa shape index (κ1) is 16.6. The van der Waals surface area contributed by atoms with Gasteiger partial charge < -0.3 is 0 Å². The van der Waals surface area contributed by atoms with Crippen LogP contribution in [0, 0.1) is 10.1 Å². The predicted molar refractivity (Wildman–Crippen MR) is 98.8 cm³/mol. The van der Waals surface area contributed by atoms with Gasteiger partial charge in [-0.05, 0) is 31.4 Å². The van der Waals surface area contributed by atoms with Crippen molar-refractivity contribution in [2.75, 3.05) is 6.54 Å². The third-order valence-corrected chi connectivity index (χ3v) is 5.02. The van der Waals surface area contributed by atoms with Crippen molar-refractivity contribution in [3.8, 4) is 0 Å². The molecule has 6 heteroatoms. The molecule has 0 amide bonds. The van der Waals surface area contributed by atoms with E-state index in [1.54, 1.807) is 12.1 Å². The molecule has 4 rings (SSSR count). The fourth-order valence-corrected chi connectivity index (χ4v) is 3.71. The van der Waals surface area contributed by atoms with E-state index in [4.69, 9.17) is 4.99 Å². The molecule has 0 spiro atoms. The number of non-ortho nitro benzene ring substituents is 1. The molecule has 1 aliphatic carbocycles. The molecule has 2 aromatic carbocycles. The largest absolute Gasteiger partial charge is 0.296 e. The summed E-state index contributed by atoms with van der Waals surface area (Å²) in [5.41, 5.74) is 3.06. The van der Waals surface area contributed by atoms with Gasteiger partial charge in [-0.15, -0.1) is 0 Å². The Hall–Kier alpha value is -2.86. The molecule has 0 aromatic heterocycles. The van der Waals surface area contributed by atoms with Gasteiger partial charge in [-0.2, -0.15) is 0 Å². The van der Waals surface area contributed by atoms with Crippen molar-refractivity contribution < 1.29 is 9.72 Å². The number of carbonyl (C=O) groups excluding carboxylic acids is 1. The van der Waals surface area contributed by atoms with Gasteiger partial charge in [0, 0.05) is 23.3 Å². The highest BCUT2D eigenvalue weighted by Crippen LogP contribution is 2.35. The molecule has 0 bridgehead atoms. The van der Waals surface area contributed by atoms with Crippen molar-refractivity contribution >= 4 is 17.2 Å². The first-order chi connectivity index (χ1) is 12.6. The Balaban J connectivity index is 1.77. The number of nitrogens with one attached hydrogen (secondary N) is 1. The molecule has 2 atom stereocenters. The molecule has 0 saturated carbocycles. The van der Waals surface area contributed by atoms with E-state index in [-0.39, 0.29) is 17.6 Å². The minimum atomic E-state index is -0.503. The summed E-state index contributed by atoms with van der Waals surface area (Å²) in [7, 11) is 0. The smallest absolute Gasteiger partial charge is 0.269 e. The number of nitro groups is 1. The fourth-order valence-electron chi connectivity index (χ4n) is 3.71. The van der Waals surface area contributed by atoms with Crippen LogP contribution in [0.4, 0.5) is 5.69 Å². The van der Waals surface area contributed by atoms with Crippen LogP contribution in [0.2, 0.25) is 0 Å². The molecule has 0 radical (unpaired) electrons. The summed E-state index contributed by atoms with van der Waals surface area (Å²) < 4.78 is 0. The monoisotopic (exact) mass is 349 g/mol. The summed E-state index contributed by atoms with van der Waals surface area (Å²) in [5.74, 6) is -0.499. The van der Waals surface area contributed by atoms with Gasteiger partial charge in [-0.1, -0.05) is 36.4 Å². The van der Waals surface area contributed by atoms with Gasteiger partial charge in [-0.3, -0.25) is 25.2 Å². The van der Waals surface area contributed by atoms with Crippen molar-refractivity contribution in [1.82, 2.24) is 5.32 Å². The van der Waals surface area contributed by atoms with Crippen molar-refractivity contribution in [3.63, 3.8) is 0 Å². The molecule has 132 valence electrons. The van der Waals surface area contributed by atoms with Gasteiger partial charge in [0.25, 0.3) is 5.69 Å². The molecule has 6 nitrogen and oxygen atoms in total. The van der Waals surface area contributed by atoms with E-state index in [0.29, 0.717) is 5.56 Å². The maximum absolute atomic E-state index is 13.0. The number of nitrogens with zero attached hydrogens (tertiary/aromatic N) is 2. The summed E-state index contributed by atoms with van der Waals surface area (Å²) in [6, 6.07) is 13.7. The summed E-state index contributed by atoms with van der Waals surface area (Å²) in [4.78, 5) is 28.4. The molecule has 2 aromatic rings. The number of fused-ring (bicyclic) bond motifs is 1. The standard InChI is InChI=1S/C20H19N3O3/c24-20-16-6-2-1-5-15(16)19(22-17-7-3-4-12-21-17)18(20)13-8-10-14(11-9-13)23(25)26/h1-2,5-6,8-11,17-18,21H,3-4,7,12H2/t17-,18+/m1/s1. The van der Waals surface area contributed by atoms with Gasteiger partial charge in [0.1, 0.15) is 0 Å². The van der Waals surface area contributed by atoms with Gasteiger partial charge in [0.2, 0.25) is 0 Å². The van der Waals surface area contributed by atoms with Crippen molar-refractivity contribution in [1.29, 1.82) is 0 Å². The van der Waals surface area contributed by atoms with E-state index in [0.717, 1.165) is 42.6 Å². The quantitative estimate of drug-likeness (QED) is 0.679. The zero-order valence-electron chi connectivity index (χ0n) is 14.2. The number of nitro benzene ring substituents is 1. The van der Waals surface area contributed by atoms with Crippen LogP contribution in [-0.4, -0.2) is 29.1 Å². The average Bonchev–Trinajstić information content (AvgIpc) is 2.95. The number of rotatable bonds is 3. The topological polar surface area (TPSA) is 84.6 Å². The van der Waals surface area contributed by atoms with Gasteiger partial charge in [-0.25, -0.2) is 0 Å². The van der Waals surface area contributed by atoms with Crippen LogP contribution in [0.1, 0.15) is 46.7 Å². The van der Waals surface area contributed by atoms with Crippen LogP contribution in [0.3, 0.4) is 0 Å². The molecular formula is C20H19N3O3. The minimum absolute atomic E-state index is 0.00372. The second kappa shape index (κ2) is 6.80. The van der Waals surface area contributed by atoms with Crippen LogP contribution in [0.25, 0.3) is 0 Å². The molecule has 0 unspecified atom stereocenters. The Morgan fingerprint density at radius 3 is 2.42 bits per heavy atom. The Kier molecular flexibility index (Phi) is 4.34. The molecule has 1 saturated heterocycles. The second-order valence-electron chi connectivity index (χ2n) is 6.67. The molecule has 1 aliphatic heterocycles. The highest BCUT2D eigenvalue weighted by molar-refractivity contribution is 6.31. The predicted octanol–water partition coefficient (Wildman–Crippen LogP) is 3.46. The van der Waals surface area contributed by atoms with Crippen molar-refractivity contribution in [2.45, 2.75) is 31.3 Å². The Bertz CT molecular complexity index is 883. The van der Waals surface area contributed by atoms with E-state index in [2.05, 4.69) is 5.32 Å². The highest BCUT2D eigenvalue weighted by Gasteiger charge is 2.38. The SMILES string of the molecule is O=C1c2ccccc2C(=N[C@@H]2CCCCN2)[C@@H]1c1ccc([N+](=O)[O-])cc1. The summed E-state index contributed by atoms with van der Waals surface area (Å²) >= 11 is 0. The van der Waals surface area contributed by atoms with Crippen molar-refractivity contribution in [3.05, 3.63) is 75.3 Å². The zero-order valence-corrected chi connectivity index (χ0v) is 14.2. The Morgan fingerprint density at radius 1 is 1.04 bits per heavy atom. The molecule has 26 heavy (non-hydrogen) atoms. The number of Topliss-reactive ketones (excluding diaryl/α,β-unsaturated/α-hetero) is 1. The maximum atomic E-state index is 13.0. The van der Waals surface area contributed by atoms with Crippen LogP contribution in [0.5, 0.6) is 0 Å². The summed E-state index contributed by atoms with van der Waals surface area (Å²) in [6.45, 7) is 0.930.